The number of rotatable bonds is 3. The van der Waals surface area contributed by atoms with Gasteiger partial charge in [0.15, 0.2) is 0 Å². The lowest BCUT2D eigenvalue weighted by Crippen LogP contribution is -2.34. The van der Waals surface area contributed by atoms with Crippen LogP contribution < -0.4 is 5.32 Å². The van der Waals surface area contributed by atoms with Crippen LogP contribution in [0.3, 0.4) is 0 Å². The maximum absolute atomic E-state index is 5.54. The van der Waals surface area contributed by atoms with E-state index in [0.717, 1.165) is 45.2 Å². The lowest BCUT2D eigenvalue weighted by Gasteiger charge is -2.27. The number of aromatic nitrogens is 1. The van der Waals surface area contributed by atoms with Gasteiger partial charge in [0.2, 0.25) is 0 Å². The molecule has 106 valence electrons. The third-order valence-corrected chi connectivity index (χ3v) is 4.87. The summed E-state index contributed by atoms with van der Waals surface area (Å²) in [5.74, 6) is 0.738. The van der Waals surface area contributed by atoms with E-state index >= 15 is 0 Å². The first-order valence-electron chi connectivity index (χ1n) is 7.24. The van der Waals surface area contributed by atoms with Gasteiger partial charge in [-0.25, -0.2) is 4.98 Å². The molecule has 1 atom stereocenters. The van der Waals surface area contributed by atoms with Crippen molar-refractivity contribution in [3.63, 3.8) is 0 Å². The highest BCUT2D eigenvalue weighted by atomic mass is 32.1. The molecule has 1 saturated heterocycles. The van der Waals surface area contributed by atoms with Crippen LogP contribution in [0.2, 0.25) is 0 Å². The van der Waals surface area contributed by atoms with Crippen molar-refractivity contribution in [2.75, 3.05) is 32.8 Å². The first kappa shape index (κ1) is 13.5. The zero-order chi connectivity index (χ0) is 13.2. The molecule has 0 aromatic carbocycles. The number of fused-ring (bicyclic) bond motifs is 1. The number of nitrogens with one attached hydrogen (secondary N) is 1. The van der Waals surface area contributed by atoms with Gasteiger partial charge in [-0.05, 0) is 5.92 Å². The molecule has 1 unspecified atom stereocenters. The van der Waals surface area contributed by atoms with Crippen LogP contribution in [0.1, 0.15) is 35.5 Å². The number of hydrogen-bond acceptors (Lipinski definition) is 5. The minimum absolute atomic E-state index is 0.308. The van der Waals surface area contributed by atoms with Crippen LogP contribution in [-0.2, 0) is 17.7 Å². The predicted octanol–water partition coefficient (Wildman–Crippen LogP) is 1.82. The molecule has 1 aromatic rings. The van der Waals surface area contributed by atoms with Gasteiger partial charge in [-0.1, -0.05) is 13.8 Å². The molecule has 2 aliphatic rings. The molecule has 0 radical (unpaired) electrons. The summed E-state index contributed by atoms with van der Waals surface area (Å²) in [6, 6.07) is 0.308. The van der Waals surface area contributed by atoms with E-state index in [4.69, 9.17) is 9.72 Å². The Morgan fingerprint density at radius 2 is 2.42 bits per heavy atom. The monoisotopic (exact) mass is 281 g/mol. The summed E-state index contributed by atoms with van der Waals surface area (Å²) in [7, 11) is 0. The van der Waals surface area contributed by atoms with E-state index < -0.39 is 0 Å². The van der Waals surface area contributed by atoms with Gasteiger partial charge in [-0.15, -0.1) is 11.3 Å². The Morgan fingerprint density at radius 1 is 1.53 bits per heavy atom. The van der Waals surface area contributed by atoms with Crippen LogP contribution in [0.5, 0.6) is 0 Å². The molecule has 2 aliphatic heterocycles. The van der Waals surface area contributed by atoms with Crippen molar-refractivity contribution in [1.82, 2.24) is 15.2 Å². The maximum atomic E-state index is 5.54. The van der Waals surface area contributed by atoms with Crippen LogP contribution in [0.15, 0.2) is 0 Å². The number of morpholine rings is 1. The van der Waals surface area contributed by atoms with E-state index in [1.165, 1.54) is 22.1 Å². The highest BCUT2D eigenvalue weighted by molar-refractivity contribution is 7.11. The fourth-order valence-corrected chi connectivity index (χ4v) is 4.03. The zero-order valence-electron chi connectivity index (χ0n) is 11.8. The quantitative estimate of drug-likeness (QED) is 0.917. The van der Waals surface area contributed by atoms with E-state index in [2.05, 4.69) is 24.1 Å². The van der Waals surface area contributed by atoms with Gasteiger partial charge in [0, 0.05) is 37.5 Å². The van der Waals surface area contributed by atoms with E-state index in [9.17, 15) is 0 Å². The maximum Gasteiger partial charge on any atom is 0.113 e. The van der Waals surface area contributed by atoms with Crippen LogP contribution in [-0.4, -0.2) is 42.7 Å². The lowest BCUT2D eigenvalue weighted by molar-refractivity contribution is 0.0767. The summed E-state index contributed by atoms with van der Waals surface area (Å²) in [6.45, 7) is 10.5. The van der Waals surface area contributed by atoms with Gasteiger partial charge in [-0.2, -0.15) is 0 Å². The van der Waals surface area contributed by atoms with Gasteiger partial charge >= 0.3 is 0 Å². The van der Waals surface area contributed by atoms with E-state index in [1.807, 2.05) is 11.3 Å². The molecule has 1 aromatic heterocycles. The fraction of sp³-hybridized carbons (Fsp3) is 0.786. The molecule has 1 fully saturated rings. The minimum atomic E-state index is 0.308. The van der Waals surface area contributed by atoms with Crippen LogP contribution in [0.4, 0.5) is 0 Å². The van der Waals surface area contributed by atoms with Gasteiger partial charge < -0.3 is 10.1 Å². The van der Waals surface area contributed by atoms with Crippen molar-refractivity contribution < 1.29 is 4.74 Å². The van der Waals surface area contributed by atoms with Crippen LogP contribution >= 0.6 is 11.3 Å². The smallest absolute Gasteiger partial charge is 0.113 e. The first-order chi connectivity index (χ1) is 9.22. The molecule has 3 rings (SSSR count). The van der Waals surface area contributed by atoms with Crippen LogP contribution in [0.25, 0.3) is 0 Å². The normalized spacial score (nSPS) is 24.7. The Bertz CT molecular complexity index is 426. The predicted molar refractivity (Wildman–Crippen MR) is 77.5 cm³/mol. The van der Waals surface area contributed by atoms with Crippen molar-refractivity contribution in [3.05, 3.63) is 15.6 Å². The van der Waals surface area contributed by atoms with Crippen molar-refractivity contribution in [3.8, 4) is 0 Å². The number of ether oxygens (including phenoxy) is 1. The molecule has 0 aliphatic carbocycles. The SMILES string of the molecule is CC(C)CN1CCc2nc(C3COCCN3)sc2C1. The number of nitrogens with zero attached hydrogens (tertiary/aromatic N) is 2. The van der Waals surface area contributed by atoms with Crippen molar-refractivity contribution in [1.29, 1.82) is 0 Å². The van der Waals surface area contributed by atoms with Crippen LogP contribution in [0, 0.1) is 5.92 Å². The topological polar surface area (TPSA) is 37.4 Å². The second-order valence-electron chi connectivity index (χ2n) is 5.88. The molecule has 0 saturated carbocycles. The average Bonchev–Trinajstić information content (AvgIpc) is 2.82. The first-order valence-corrected chi connectivity index (χ1v) is 8.06. The van der Waals surface area contributed by atoms with Gasteiger partial charge in [0.25, 0.3) is 0 Å². The lowest BCUT2D eigenvalue weighted by atomic mass is 10.1. The fourth-order valence-electron chi connectivity index (χ4n) is 2.81. The Balaban J connectivity index is 1.69. The van der Waals surface area contributed by atoms with E-state index in [-0.39, 0.29) is 0 Å². The molecule has 3 heterocycles. The van der Waals surface area contributed by atoms with E-state index in [1.54, 1.807) is 0 Å². The second-order valence-corrected chi connectivity index (χ2v) is 7.00. The molecular formula is C14H23N3OS. The molecule has 0 amide bonds. The summed E-state index contributed by atoms with van der Waals surface area (Å²) in [5.41, 5.74) is 1.33. The van der Waals surface area contributed by atoms with Gasteiger partial charge in [0.1, 0.15) is 5.01 Å². The molecule has 0 spiro atoms. The second kappa shape index (κ2) is 5.87. The Hall–Kier alpha value is -0.490. The third-order valence-electron chi connectivity index (χ3n) is 3.67. The van der Waals surface area contributed by atoms with Crippen molar-refractivity contribution in [2.24, 2.45) is 5.92 Å². The molecule has 4 nitrogen and oxygen atoms in total. The summed E-state index contributed by atoms with van der Waals surface area (Å²) in [4.78, 5) is 8.86. The molecule has 5 heteroatoms. The number of hydrogen-bond donors (Lipinski definition) is 1. The molecule has 0 bridgehead atoms. The summed E-state index contributed by atoms with van der Waals surface area (Å²) in [5, 5.41) is 4.72. The summed E-state index contributed by atoms with van der Waals surface area (Å²) < 4.78 is 5.54. The standard InChI is InChI=1S/C14H23N3OS/c1-10(2)7-17-5-3-11-13(8-17)19-14(16-11)12-9-18-6-4-15-12/h10,12,15H,3-9H2,1-2H3. The Morgan fingerprint density at radius 3 is 3.16 bits per heavy atom. The summed E-state index contributed by atoms with van der Waals surface area (Å²) in [6.07, 6.45) is 1.10. The molecule has 19 heavy (non-hydrogen) atoms. The Labute approximate surface area is 119 Å². The highest BCUT2D eigenvalue weighted by Gasteiger charge is 2.25. The highest BCUT2D eigenvalue weighted by Crippen LogP contribution is 2.29. The largest absolute Gasteiger partial charge is 0.378 e. The minimum Gasteiger partial charge on any atom is -0.378 e. The third kappa shape index (κ3) is 3.16. The Kier molecular flexibility index (Phi) is 4.17. The van der Waals surface area contributed by atoms with Crippen molar-refractivity contribution >= 4 is 11.3 Å². The number of thiazole rings is 1. The summed E-state index contributed by atoms with van der Waals surface area (Å²) >= 11 is 1.88. The zero-order valence-corrected chi connectivity index (χ0v) is 12.6. The van der Waals surface area contributed by atoms with Gasteiger partial charge in [0.05, 0.1) is 24.9 Å². The average molecular weight is 281 g/mol. The van der Waals surface area contributed by atoms with E-state index in [0.29, 0.717) is 6.04 Å². The molecule has 1 N–H and O–H groups in total. The molecular weight excluding hydrogens is 258 g/mol. The van der Waals surface area contributed by atoms with Crippen molar-refractivity contribution in [2.45, 2.75) is 32.9 Å². The van der Waals surface area contributed by atoms with Gasteiger partial charge in [-0.3, -0.25) is 4.90 Å².